The van der Waals surface area contributed by atoms with E-state index in [4.69, 9.17) is 4.74 Å². The molecule has 6 heteroatoms. The van der Waals surface area contributed by atoms with Crippen LogP contribution in [0.1, 0.15) is 39.0 Å². The van der Waals surface area contributed by atoms with Crippen molar-refractivity contribution in [2.45, 2.75) is 49.9 Å². The fraction of sp³-hybridized carbons (Fsp3) is 0.471. The Kier molecular flexibility index (Phi) is 3.85. The van der Waals surface area contributed by atoms with Gasteiger partial charge in [-0.1, -0.05) is 43.3 Å². The van der Waals surface area contributed by atoms with Gasteiger partial charge < -0.3 is 10.1 Å². The molecule has 0 saturated heterocycles. The van der Waals surface area contributed by atoms with Crippen LogP contribution in [-0.4, -0.2) is 26.7 Å². The van der Waals surface area contributed by atoms with Crippen molar-refractivity contribution < 1.29 is 4.74 Å². The predicted octanol–water partition coefficient (Wildman–Crippen LogP) is 4.12. The van der Waals surface area contributed by atoms with Crippen molar-refractivity contribution in [2.75, 3.05) is 11.1 Å². The van der Waals surface area contributed by atoms with Gasteiger partial charge in [-0.3, -0.25) is 0 Å². The Morgan fingerprint density at radius 2 is 2.00 bits per heavy atom. The van der Waals surface area contributed by atoms with Crippen LogP contribution in [0.4, 0.5) is 5.69 Å². The van der Waals surface area contributed by atoms with E-state index in [1.807, 2.05) is 12.1 Å². The molecule has 120 valence electrons. The molecular formula is C17H20N4OS. The summed E-state index contributed by atoms with van der Waals surface area (Å²) in [6.45, 7) is 2.08. The van der Waals surface area contributed by atoms with Gasteiger partial charge in [-0.25, -0.2) is 0 Å². The van der Waals surface area contributed by atoms with Gasteiger partial charge in [0.05, 0.1) is 0 Å². The first-order valence-corrected chi connectivity index (χ1v) is 9.22. The highest BCUT2D eigenvalue weighted by atomic mass is 32.2. The molecule has 0 amide bonds. The summed E-state index contributed by atoms with van der Waals surface area (Å²) in [6.07, 6.45) is 5.57. The van der Waals surface area contributed by atoms with E-state index in [-0.39, 0.29) is 5.72 Å². The number of para-hydroxylation sites is 1. The van der Waals surface area contributed by atoms with Crippen LogP contribution in [0.25, 0.3) is 11.3 Å². The number of hydrogen-bond acceptors (Lipinski definition) is 6. The van der Waals surface area contributed by atoms with Crippen molar-refractivity contribution >= 4 is 17.4 Å². The van der Waals surface area contributed by atoms with Crippen LogP contribution in [-0.2, 0) is 0 Å². The van der Waals surface area contributed by atoms with E-state index in [1.54, 1.807) is 11.8 Å². The van der Waals surface area contributed by atoms with Crippen LogP contribution in [0.2, 0.25) is 0 Å². The zero-order valence-electron chi connectivity index (χ0n) is 13.2. The van der Waals surface area contributed by atoms with Gasteiger partial charge in [-0.2, -0.15) is 4.98 Å². The van der Waals surface area contributed by atoms with E-state index in [0.29, 0.717) is 11.0 Å². The Bertz CT molecular complexity index is 715. The molecule has 0 atom stereocenters. The van der Waals surface area contributed by atoms with Gasteiger partial charge in [-0.15, -0.1) is 10.2 Å². The molecule has 1 N–H and O–H groups in total. The second-order valence-electron chi connectivity index (χ2n) is 6.01. The topological polar surface area (TPSA) is 59.9 Å². The Morgan fingerprint density at radius 3 is 2.83 bits per heavy atom. The lowest BCUT2D eigenvalue weighted by Gasteiger charge is -2.37. The number of ether oxygens (including phenoxy) is 1. The number of aromatic nitrogens is 3. The van der Waals surface area contributed by atoms with E-state index < -0.39 is 0 Å². The minimum Gasteiger partial charge on any atom is -0.449 e. The summed E-state index contributed by atoms with van der Waals surface area (Å²) in [5, 5.41) is 13.0. The van der Waals surface area contributed by atoms with Crippen LogP contribution >= 0.6 is 11.8 Å². The van der Waals surface area contributed by atoms with Crippen molar-refractivity contribution in [3.05, 3.63) is 24.3 Å². The number of hydrogen-bond donors (Lipinski definition) is 1. The monoisotopic (exact) mass is 328 g/mol. The fourth-order valence-electron chi connectivity index (χ4n) is 3.33. The zero-order valence-corrected chi connectivity index (χ0v) is 14.0. The van der Waals surface area contributed by atoms with Crippen LogP contribution in [0.5, 0.6) is 5.88 Å². The molecule has 2 heterocycles. The molecule has 4 rings (SSSR count). The second-order valence-corrected chi connectivity index (χ2v) is 7.24. The zero-order chi connectivity index (χ0) is 15.7. The average Bonchev–Trinajstić information content (AvgIpc) is 2.69. The number of fused-ring (bicyclic) bond motifs is 3. The first-order chi connectivity index (χ1) is 11.3. The van der Waals surface area contributed by atoms with E-state index in [0.717, 1.165) is 35.5 Å². The Hall–Kier alpha value is -1.82. The van der Waals surface area contributed by atoms with E-state index in [1.165, 1.54) is 19.3 Å². The van der Waals surface area contributed by atoms with Crippen molar-refractivity contribution in [1.29, 1.82) is 0 Å². The molecular weight excluding hydrogens is 308 g/mol. The number of benzene rings is 1. The van der Waals surface area contributed by atoms with Crippen LogP contribution in [0.15, 0.2) is 29.4 Å². The van der Waals surface area contributed by atoms with Gasteiger partial charge in [0, 0.05) is 24.1 Å². The van der Waals surface area contributed by atoms with E-state index in [2.05, 4.69) is 39.6 Å². The molecule has 23 heavy (non-hydrogen) atoms. The SMILES string of the molecule is CCSc1nnc2c(n1)OC1(CCCCC1)Nc1ccccc1-2. The number of nitrogens with zero attached hydrogens (tertiary/aromatic N) is 3. The molecule has 1 saturated carbocycles. The molecule has 1 fully saturated rings. The molecule has 2 aliphatic rings. The van der Waals surface area contributed by atoms with Crippen molar-refractivity contribution in [2.24, 2.45) is 0 Å². The standard InChI is InChI=1S/C17H20N4OS/c1-2-23-16-18-15-14(20-21-16)12-8-4-5-9-13(12)19-17(22-15)10-6-3-7-11-17/h4-5,8-9,19H,2-3,6-7,10-11H2,1H3. The lowest BCUT2D eigenvalue weighted by Crippen LogP contribution is -2.45. The molecule has 1 aromatic carbocycles. The van der Waals surface area contributed by atoms with Gasteiger partial charge in [-0.05, 0) is 24.7 Å². The maximum absolute atomic E-state index is 6.42. The molecule has 0 bridgehead atoms. The summed E-state index contributed by atoms with van der Waals surface area (Å²) in [6, 6.07) is 8.19. The Balaban J connectivity index is 1.84. The van der Waals surface area contributed by atoms with E-state index >= 15 is 0 Å². The molecule has 5 nitrogen and oxygen atoms in total. The first-order valence-electron chi connectivity index (χ1n) is 8.24. The van der Waals surface area contributed by atoms with E-state index in [9.17, 15) is 0 Å². The first kappa shape index (κ1) is 14.8. The molecule has 1 spiro atoms. The summed E-state index contributed by atoms with van der Waals surface area (Å²) in [5.41, 5.74) is 2.43. The lowest BCUT2D eigenvalue weighted by molar-refractivity contribution is 0.0536. The van der Waals surface area contributed by atoms with Crippen LogP contribution in [0, 0.1) is 0 Å². The van der Waals surface area contributed by atoms with Crippen molar-refractivity contribution in [1.82, 2.24) is 15.2 Å². The highest BCUT2D eigenvalue weighted by Crippen LogP contribution is 2.43. The molecule has 1 aliphatic heterocycles. The summed E-state index contributed by atoms with van der Waals surface area (Å²) >= 11 is 1.59. The normalized spacial score (nSPS) is 18.3. The van der Waals surface area contributed by atoms with Gasteiger partial charge in [0.1, 0.15) is 0 Å². The summed E-state index contributed by atoms with van der Waals surface area (Å²) in [4.78, 5) is 4.64. The quantitative estimate of drug-likeness (QED) is 0.837. The van der Waals surface area contributed by atoms with Crippen LogP contribution < -0.4 is 10.1 Å². The smallest absolute Gasteiger partial charge is 0.247 e. The predicted molar refractivity (Wildman–Crippen MR) is 91.7 cm³/mol. The highest BCUT2D eigenvalue weighted by molar-refractivity contribution is 7.99. The molecule has 0 unspecified atom stereocenters. The third-order valence-corrected chi connectivity index (χ3v) is 5.13. The molecule has 2 aromatic rings. The number of anilines is 1. The van der Waals surface area contributed by atoms with Crippen molar-refractivity contribution in [3.63, 3.8) is 0 Å². The maximum Gasteiger partial charge on any atom is 0.247 e. The van der Waals surface area contributed by atoms with Gasteiger partial charge in [0.25, 0.3) is 0 Å². The maximum atomic E-state index is 6.42. The van der Waals surface area contributed by atoms with Gasteiger partial charge in [0.15, 0.2) is 11.4 Å². The number of rotatable bonds is 2. The minimum absolute atomic E-state index is 0.371. The summed E-state index contributed by atoms with van der Waals surface area (Å²) in [5.74, 6) is 1.52. The summed E-state index contributed by atoms with van der Waals surface area (Å²) < 4.78 is 6.42. The lowest BCUT2D eigenvalue weighted by atomic mass is 9.91. The highest BCUT2D eigenvalue weighted by Gasteiger charge is 2.38. The minimum atomic E-state index is -0.371. The van der Waals surface area contributed by atoms with Gasteiger partial charge >= 0.3 is 0 Å². The number of nitrogens with one attached hydrogen (secondary N) is 1. The summed E-state index contributed by atoms with van der Waals surface area (Å²) in [7, 11) is 0. The Labute approximate surface area is 140 Å². The largest absolute Gasteiger partial charge is 0.449 e. The third kappa shape index (κ3) is 2.76. The third-order valence-electron chi connectivity index (χ3n) is 4.41. The second kappa shape index (κ2) is 6.00. The van der Waals surface area contributed by atoms with Crippen LogP contribution in [0.3, 0.4) is 0 Å². The number of thioether (sulfide) groups is 1. The molecule has 1 aromatic heterocycles. The average molecular weight is 328 g/mol. The molecule has 0 radical (unpaired) electrons. The van der Waals surface area contributed by atoms with Gasteiger partial charge in [0.2, 0.25) is 11.0 Å². The molecule has 1 aliphatic carbocycles. The fourth-order valence-corrected chi connectivity index (χ4v) is 3.84. The van der Waals surface area contributed by atoms with Crippen molar-refractivity contribution in [3.8, 4) is 17.1 Å². The Morgan fingerprint density at radius 1 is 1.17 bits per heavy atom.